The van der Waals surface area contributed by atoms with Gasteiger partial charge < -0.3 is 9.30 Å². The first kappa shape index (κ1) is 12.0. The minimum Gasteiger partial charge on any atom is -0.379 e. The normalized spacial score (nSPS) is 17.4. The molecule has 0 N–H and O–H groups in total. The largest absolute Gasteiger partial charge is 0.379 e. The van der Waals surface area contributed by atoms with Crippen molar-refractivity contribution >= 4 is 22.5 Å². The molecule has 0 bridgehead atoms. The molecular formula is C14H17ClN2O. The SMILES string of the molecule is Cn1cc(CN2CCOCC2)c2cc(Cl)ccc21. The Labute approximate surface area is 112 Å². The van der Waals surface area contributed by atoms with Crippen LogP contribution in [-0.2, 0) is 18.3 Å². The van der Waals surface area contributed by atoms with Crippen molar-refractivity contribution in [2.75, 3.05) is 26.3 Å². The number of halogens is 1. The monoisotopic (exact) mass is 264 g/mol. The summed E-state index contributed by atoms with van der Waals surface area (Å²) < 4.78 is 7.55. The fourth-order valence-corrected chi connectivity index (χ4v) is 2.74. The molecule has 3 rings (SSSR count). The second kappa shape index (κ2) is 4.92. The van der Waals surface area contributed by atoms with E-state index < -0.39 is 0 Å². The van der Waals surface area contributed by atoms with Gasteiger partial charge in [-0.15, -0.1) is 0 Å². The summed E-state index contributed by atoms with van der Waals surface area (Å²) >= 11 is 6.10. The zero-order chi connectivity index (χ0) is 12.5. The standard InChI is InChI=1S/C14H17ClN2O/c1-16-9-11(10-17-4-6-18-7-5-17)13-8-12(15)2-3-14(13)16/h2-3,8-9H,4-7,10H2,1H3. The zero-order valence-electron chi connectivity index (χ0n) is 10.5. The molecule has 2 heterocycles. The summed E-state index contributed by atoms with van der Waals surface area (Å²) in [5, 5.41) is 2.06. The van der Waals surface area contributed by atoms with Gasteiger partial charge in [0.2, 0.25) is 0 Å². The third-order valence-corrected chi connectivity index (χ3v) is 3.77. The Kier molecular flexibility index (Phi) is 3.29. The van der Waals surface area contributed by atoms with Gasteiger partial charge in [0.05, 0.1) is 13.2 Å². The van der Waals surface area contributed by atoms with Crippen LogP contribution in [0.15, 0.2) is 24.4 Å². The molecule has 3 nitrogen and oxygen atoms in total. The van der Waals surface area contributed by atoms with Crippen LogP contribution in [0.3, 0.4) is 0 Å². The molecule has 0 unspecified atom stereocenters. The van der Waals surface area contributed by atoms with Crippen molar-refractivity contribution in [3.8, 4) is 0 Å². The third-order valence-electron chi connectivity index (χ3n) is 3.53. The van der Waals surface area contributed by atoms with Gasteiger partial charge >= 0.3 is 0 Å². The maximum Gasteiger partial charge on any atom is 0.0594 e. The second-order valence-corrected chi connectivity index (χ2v) is 5.25. The summed E-state index contributed by atoms with van der Waals surface area (Å²) in [5.74, 6) is 0. The van der Waals surface area contributed by atoms with E-state index in [-0.39, 0.29) is 0 Å². The maximum atomic E-state index is 6.10. The van der Waals surface area contributed by atoms with Crippen LogP contribution >= 0.6 is 11.6 Å². The molecule has 0 amide bonds. The third kappa shape index (κ3) is 2.26. The number of hydrogen-bond acceptors (Lipinski definition) is 2. The number of rotatable bonds is 2. The van der Waals surface area contributed by atoms with Crippen molar-refractivity contribution in [3.05, 3.63) is 35.0 Å². The number of fused-ring (bicyclic) bond motifs is 1. The molecule has 1 aliphatic heterocycles. The molecule has 0 saturated carbocycles. The number of benzene rings is 1. The first-order valence-electron chi connectivity index (χ1n) is 6.27. The summed E-state index contributed by atoms with van der Waals surface area (Å²) in [6, 6.07) is 6.09. The summed E-state index contributed by atoms with van der Waals surface area (Å²) in [6.07, 6.45) is 2.20. The average Bonchev–Trinajstić information content (AvgIpc) is 2.67. The molecule has 18 heavy (non-hydrogen) atoms. The highest BCUT2D eigenvalue weighted by molar-refractivity contribution is 6.31. The first-order chi connectivity index (χ1) is 8.74. The van der Waals surface area contributed by atoms with Gasteiger partial charge in [0.1, 0.15) is 0 Å². The molecule has 1 fully saturated rings. The number of morpholine rings is 1. The van der Waals surface area contributed by atoms with Crippen molar-refractivity contribution in [3.63, 3.8) is 0 Å². The van der Waals surface area contributed by atoms with Crippen LogP contribution in [0, 0.1) is 0 Å². The Balaban J connectivity index is 1.93. The molecule has 0 aliphatic carbocycles. The highest BCUT2D eigenvalue weighted by Crippen LogP contribution is 2.25. The topological polar surface area (TPSA) is 17.4 Å². The predicted molar refractivity (Wildman–Crippen MR) is 74.0 cm³/mol. The Hall–Kier alpha value is -1.03. The van der Waals surface area contributed by atoms with Gasteiger partial charge in [-0.1, -0.05) is 11.6 Å². The van der Waals surface area contributed by atoms with E-state index in [0.717, 1.165) is 37.9 Å². The van der Waals surface area contributed by atoms with Crippen LogP contribution in [-0.4, -0.2) is 35.8 Å². The lowest BCUT2D eigenvalue weighted by molar-refractivity contribution is 0.0343. The Morgan fingerprint density at radius 1 is 1.28 bits per heavy atom. The lowest BCUT2D eigenvalue weighted by Crippen LogP contribution is -2.35. The number of nitrogens with zero attached hydrogens (tertiary/aromatic N) is 2. The van der Waals surface area contributed by atoms with Crippen LogP contribution in [0.5, 0.6) is 0 Å². The summed E-state index contributed by atoms with van der Waals surface area (Å²) in [5.41, 5.74) is 2.58. The molecule has 0 spiro atoms. The summed E-state index contributed by atoms with van der Waals surface area (Å²) in [6.45, 7) is 4.67. The van der Waals surface area contributed by atoms with E-state index in [4.69, 9.17) is 16.3 Å². The quantitative estimate of drug-likeness (QED) is 0.830. The van der Waals surface area contributed by atoms with Gasteiger partial charge in [-0.3, -0.25) is 4.90 Å². The molecule has 0 radical (unpaired) electrons. The van der Waals surface area contributed by atoms with Gasteiger partial charge in [-0.25, -0.2) is 0 Å². The van der Waals surface area contributed by atoms with E-state index in [1.54, 1.807) is 0 Å². The van der Waals surface area contributed by atoms with Crippen LogP contribution in [0.25, 0.3) is 10.9 Å². The Bertz CT molecular complexity index is 558. The van der Waals surface area contributed by atoms with E-state index in [1.165, 1.54) is 16.5 Å². The van der Waals surface area contributed by atoms with Crippen LogP contribution in [0.2, 0.25) is 5.02 Å². The summed E-state index contributed by atoms with van der Waals surface area (Å²) in [4.78, 5) is 2.43. The molecule has 96 valence electrons. The van der Waals surface area contributed by atoms with Crippen LogP contribution < -0.4 is 0 Å². The van der Waals surface area contributed by atoms with Crippen molar-refractivity contribution < 1.29 is 4.74 Å². The van der Waals surface area contributed by atoms with Crippen molar-refractivity contribution in [2.24, 2.45) is 7.05 Å². The fraction of sp³-hybridized carbons (Fsp3) is 0.429. The Morgan fingerprint density at radius 3 is 2.83 bits per heavy atom. The average molecular weight is 265 g/mol. The summed E-state index contributed by atoms with van der Waals surface area (Å²) in [7, 11) is 2.08. The van der Waals surface area contributed by atoms with Gasteiger partial charge in [0, 0.05) is 48.8 Å². The number of aromatic nitrogens is 1. The fourth-order valence-electron chi connectivity index (χ4n) is 2.57. The number of ether oxygens (including phenoxy) is 1. The van der Waals surface area contributed by atoms with Crippen molar-refractivity contribution in [2.45, 2.75) is 6.54 Å². The van der Waals surface area contributed by atoms with E-state index in [2.05, 4.69) is 34.8 Å². The zero-order valence-corrected chi connectivity index (χ0v) is 11.3. The van der Waals surface area contributed by atoms with Crippen LogP contribution in [0.4, 0.5) is 0 Å². The lowest BCUT2D eigenvalue weighted by atomic mass is 10.1. The number of aryl methyl sites for hydroxylation is 1. The first-order valence-corrected chi connectivity index (χ1v) is 6.65. The van der Waals surface area contributed by atoms with Gasteiger partial charge in [-0.2, -0.15) is 0 Å². The number of hydrogen-bond donors (Lipinski definition) is 0. The highest BCUT2D eigenvalue weighted by atomic mass is 35.5. The molecule has 1 aliphatic rings. The van der Waals surface area contributed by atoms with E-state index in [9.17, 15) is 0 Å². The molecule has 1 saturated heterocycles. The Morgan fingerprint density at radius 2 is 2.06 bits per heavy atom. The molecular weight excluding hydrogens is 248 g/mol. The molecule has 1 aromatic heterocycles. The molecule has 2 aromatic rings. The van der Waals surface area contributed by atoms with E-state index >= 15 is 0 Å². The van der Waals surface area contributed by atoms with Gasteiger partial charge in [-0.05, 0) is 23.8 Å². The maximum absolute atomic E-state index is 6.10. The van der Waals surface area contributed by atoms with Crippen LogP contribution in [0.1, 0.15) is 5.56 Å². The smallest absolute Gasteiger partial charge is 0.0594 e. The van der Waals surface area contributed by atoms with Gasteiger partial charge in [0.25, 0.3) is 0 Å². The predicted octanol–water partition coefficient (Wildman–Crippen LogP) is 2.66. The minimum absolute atomic E-state index is 0.803. The molecule has 4 heteroatoms. The van der Waals surface area contributed by atoms with Crippen molar-refractivity contribution in [1.29, 1.82) is 0 Å². The second-order valence-electron chi connectivity index (χ2n) is 4.82. The van der Waals surface area contributed by atoms with Crippen molar-refractivity contribution in [1.82, 2.24) is 9.47 Å². The van der Waals surface area contributed by atoms with E-state index in [1.807, 2.05) is 6.07 Å². The van der Waals surface area contributed by atoms with Gasteiger partial charge in [0.15, 0.2) is 0 Å². The lowest BCUT2D eigenvalue weighted by Gasteiger charge is -2.26. The molecule has 0 atom stereocenters. The minimum atomic E-state index is 0.803. The van der Waals surface area contributed by atoms with E-state index in [0.29, 0.717) is 0 Å². The molecule has 1 aromatic carbocycles. The highest BCUT2D eigenvalue weighted by Gasteiger charge is 2.14.